The summed E-state index contributed by atoms with van der Waals surface area (Å²) in [4.78, 5) is 28.0. The van der Waals surface area contributed by atoms with E-state index in [1.807, 2.05) is 13.8 Å². The van der Waals surface area contributed by atoms with Crippen LogP contribution in [-0.4, -0.2) is 70.3 Å². The second kappa shape index (κ2) is 12.2. The summed E-state index contributed by atoms with van der Waals surface area (Å²) in [5, 5.41) is 2.90. The Bertz CT molecular complexity index is 1200. The van der Waals surface area contributed by atoms with Crippen LogP contribution in [-0.2, 0) is 26.2 Å². The highest BCUT2D eigenvalue weighted by atomic mass is 32.2. The van der Waals surface area contributed by atoms with Crippen LogP contribution in [0.4, 0.5) is 5.69 Å². The van der Waals surface area contributed by atoms with Crippen molar-refractivity contribution in [2.75, 3.05) is 37.4 Å². The molecule has 37 heavy (non-hydrogen) atoms. The molecule has 0 aliphatic carbocycles. The van der Waals surface area contributed by atoms with E-state index >= 15 is 0 Å². The van der Waals surface area contributed by atoms with Crippen LogP contribution in [0.3, 0.4) is 0 Å². The van der Waals surface area contributed by atoms with Gasteiger partial charge in [0.15, 0.2) is 11.5 Å². The second-order valence-electron chi connectivity index (χ2n) is 8.96. The van der Waals surface area contributed by atoms with Crippen molar-refractivity contribution in [2.45, 2.75) is 45.8 Å². The van der Waals surface area contributed by atoms with E-state index in [1.165, 1.54) is 11.0 Å². The molecule has 2 amide bonds. The van der Waals surface area contributed by atoms with Gasteiger partial charge in [-0.15, -0.1) is 0 Å². The number of nitrogens with one attached hydrogen (secondary N) is 1. The number of carbonyl (C=O) groups is 2. The molecule has 0 saturated carbocycles. The maximum absolute atomic E-state index is 13.7. The number of carbonyl (C=O) groups excluding carboxylic acids is 2. The number of anilines is 1. The van der Waals surface area contributed by atoms with E-state index in [1.54, 1.807) is 50.4 Å². The van der Waals surface area contributed by atoms with Gasteiger partial charge in [0.1, 0.15) is 31.5 Å². The van der Waals surface area contributed by atoms with Gasteiger partial charge >= 0.3 is 0 Å². The van der Waals surface area contributed by atoms with Gasteiger partial charge in [-0.05, 0) is 50.1 Å². The molecule has 3 rings (SSSR count). The SMILES string of the molecule is CC[C@@H](C)NC(=O)[C@H](C)N(Cc1ccc(OC)cc1)C(=O)CN(c1ccc2c(c1)OCCO2)S(C)(=O)=O. The molecule has 2 aromatic carbocycles. The van der Waals surface area contributed by atoms with Gasteiger partial charge in [0.05, 0.1) is 19.1 Å². The molecule has 1 aliphatic rings. The smallest absolute Gasteiger partial charge is 0.244 e. The molecular weight excluding hydrogens is 498 g/mol. The van der Waals surface area contributed by atoms with Gasteiger partial charge in [-0.2, -0.15) is 0 Å². The van der Waals surface area contributed by atoms with Gasteiger partial charge in [0, 0.05) is 18.7 Å². The number of rotatable bonds is 11. The van der Waals surface area contributed by atoms with Gasteiger partial charge in [0.25, 0.3) is 0 Å². The first kappa shape index (κ1) is 28.1. The van der Waals surface area contributed by atoms with E-state index in [9.17, 15) is 18.0 Å². The molecule has 202 valence electrons. The molecule has 0 fully saturated rings. The van der Waals surface area contributed by atoms with Crippen LogP contribution in [0.2, 0.25) is 0 Å². The van der Waals surface area contributed by atoms with E-state index in [2.05, 4.69) is 5.32 Å². The fourth-order valence-electron chi connectivity index (χ4n) is 3.78. The topological polar surface area (TPSA) is 114 Å². The van der Waals surface area contributed by atoms with E-state index in [0.29, 0.717) is 30.5 Å². The van der Waals surface area contributed by atoms with E-state index < -0.39 is 28.5 Å². The minimum atomic E-state index is -3.85. The molecule has 0 saturated heterocycles. The van der Waals surface area contributed by atoms with Crippen molar-refractivity contribution in [3.05, 3.63) is 48.0 Å². The number of nitrogens with zero attached hydrogens (tertiary/aromatic N) is 2. The Morgan fingerprint density at radius 2 is 1.70 bits per heavy atom. The van der Waals surface area contributed by atoms with Gasteiger partial charge in [0.2, 0.25) is 21.8 Å². The van der Waals surface area contributed by atoms with Gasteiger partial charge < -0.3 is 24.4 Å². The van der Waals surface area contributed by atoms with Gasteiger partial charge in [-0.25, -0.2) is 8.42 Å². The van der Waals surface area contributed by atoms with Crippen LogP contribution in [0.1, 0.15) is 32.8 Å². The lowest BCUT2D eigenvalue weighted by molar-refractivity contribution is -0.139. The van der Waals surface area contributed by atoms with Crippen molar-refractivity contribution in [3.63, 3.8) is 0 Å². The Kier molecular flexibility index (Phi) is 9.25. The number of sulfonamides is 1. The molecule has 0 aromatic heterocycles. The summed E-state index contributed by atoms with van der Waals surface area (Å²) in [6.07, 6.45) is 1.76. The molecule has 0 unspecified atom stereocenters. The summed E-state index contributed by atoms with van der Waals surface area (Å²) in [6.45, 7) is 5.82. The maximum atomic E-state index is 13.7. The molecule has 0 spiro atoms. The zero-order valence-corrected chi connectivity index (χ0v) is 22.7. The first-order valence-electron chi connectivity index (χ1n) is 12.1. The monoisotopic (exact) mass is 533 g/mol. The first-order chi connectivity index (χ1) is 17.5. The standard InChI is InChI=1S/C26H35N3O7S/c1-6-18(2)27-26(31)19(3)28(16-20-7-10-22(34-4)11-8-20)25(30)17-29(37(5,32)33)21-9-12-23-24(15-21)36-14-13-35-23/h7-12,15,18-19H,6,13-14,16-17H2,1-5H3,(H,27,31)/t18-,19+/m1/s1. The van der Waals surface area contributed by atoms with Crippen LogP contribution in [0.5, 0.6) is 17.2 Å². The van der Waals surface area contributed by atoms with Crippen molar-refractivity contribution in [3.8, 4) is 17.2 Å². The predicted molar refractivity (Wildman–Crippen MR) is 141 cm³/mol. The quantitative estimate of drug-likeness (QED) is 0.472. The average molecular weight is 534 g/mol. The number of fused-ring (bicyclic) bond motifs is 1. The van der Waals surface area contributed by atoms with Crippen molar-refractivity contribution in [1.82, 2.24) is 10.2 Å². The highest BCUT2D eigenvalue weighted by molar-refractivity contribution is 7.92. The Hall–Kier alpha value is -3.47. The Morgan fingerprint density at radius 1 is 1.05 bits per heavy atom. The number of hydrogen-bond acceptors (Lipinski definition) is 7. The first-order valence-corrected chi connectivity index (χ1v) is 14.0. The summed E-state index contributed by atoms with van der Waals surface area (Å²) in [6, 6.07) is 10.9. The zero-order valence-electron chi connectivity index (χ0n) is 21.9. The summed E-state index contributed by atoms with van der Waals surface area (Å²) >= 11 is 0. The molecule has 0 bridgehead atoms. The lowest BCUT2D eigenvalue weighted by Crippen LogP contribution is -2.52. The maximum Gasteiger partial charge on any atom is 0.244 e. The minimum absolute atomic E-state index is 0.0712. The zero-order chi connectivity index (χ0) is 27.2. The molecule has 1 N–H and O–H groups in total. The van der Waals surface area contributed by atoms with E-state index in [-0.39, 0.29) is 24.2 Å². The number of ether oxygens (including phenoxy) is 3. The second-order valence-corrected chi connectivity index (χ2v) is 10.9. The summed E-state index contributed by atoms with van der Waals surface area (Å²) < 4.78 is 42.9. The predicted octanol–water partition coefficient (Wildman–Crippen LogP) is 2.56. The average Bonchev–Trinajstić information content (AvgIpc) is 2.89. The van der Waals surface area contributed by atoms with Crippen LogP contribution < -0.4 is 23.8 Å². The Morgan fingerprint density at radius 3 is 2.30 bits per heavy atom. The van der Waals surface area contributed by atoms with E-state index in [4.69, 9.17) is 14.2 Å². The number of benzene rings is 2. The summed E-state index contributed by atoms with van der Waals surface area (Å²) in [5.41, 5.74) is 1.03. The largest absolute Gasteiger partial charge is 0.497 e. The normalized spacial score (nSPS) is 14.3. The van der Waals surface area contributed by atoms with Crippen molar-refractivity contribution >= 4 is 27.5 Å². The van der Waals surface area contributed by atoms with Gasteiger partial charge in [-0.3, -0.25) is 13.9 Å². The minimum Gasteiger partial charge on any atom is -0.497 e. The van der Waals surface area contributed by atoms with Crippen molar-refractivity contribution in [2.24, 2.45) is 0 Å². The van der Waals surface area contributed by atoms with E-state index in [0.717, 1.165) is 22.5 Å². The van der Waals surface area contributed by atoms with Gasteiger partial charge in [-0.1, -0.05) is 19.1 Å². The molecule has 10 nitrogen and oxygen atoms in total. The van der Waals surface area contributed by atoms with Crippen LogP contribution in [0, 0.1) is 0 Å². The molecule has 1 heterocycles. The molecule has 2 aromatic rings. The molecule has 11 heteroatoms. The highest BCUT2D eigenvalue weighted by Gasteiger charge is 2.31. The molecule has 2 atom stereocenters. The lowest BCUT2D eigenvalue weighted by Gasteiger charge is -2.32. The number of methoxy groups -OCH3 is 1. The molecule has 0 radical (unpaired) electrons. The van der Waals surface area contributed by atoms with Crippen LogP contribution in [0.15, 0.2) is 42.5 Å². The third kappa shape index (κ3) is 7.28. The fraction of sp³-hybridized carbons (Fsp3) is 0.462. The summed E-state index contributed by atoms with van der Waals surface area (Å²) in [5.74, 6) is 0.725. The molecule has 1 aliphatic heterocycles. The lowest BCUT2D eigenvalue weighted by atomic mass is 10.1. The van der Waals surface area contributed by atoms with Crippen LogP contribution >= 0.6 is 0 Å². The Labute approximate surface area is 218 Å². The number of hydrogen-bond donors (Lipinski definition) is 1. The molecular formula is C26H35N3O7S. The fourth-order valence-corrected chi connectivity index (χ4v) is 4.62. The van der Waals surface area contributed by atoms with Crippen molar-refractivity contribution < 1.29 is 32.2 Å². The number of amides is 2. The summed E-state index contributed by atoms with van der Waals surface area (Å²) in [7, 11) is -2.29. The Balaban J connectivity index is 1.91. The highest BCUT2D eigenvalue weighted by Crippen LogP contribution is 2.34. The van der Waals surface area contributed by atoms with Crippen molar-refractivity contribution in [1.29, 1.82) is 0 Å². The third-order valence-corrected chi connectivity index (χ3v) is 7.31. The van der Waals surface area contributed by atoms with Crippen LogP contribution in [0.25, 0.3) is 0 Å². The third-order valence-electron chi connectivity index (χ3n) is 6.17.